The zero-order valence-corrected chi connectivity index (χ0v) is 10.1. The molecule has 0 atom stereocenters. The second-order valence-corrected chi connectivity index (χ2v) is 3.78. The minimum Gasteiger partial charge on any atom is -0.370 e. The lowest BCUT2D eigenvalue weighted by Gasteiger charge is -2.06. The van der Waals surface area contributed by atoms with Gasteiger partial charge in [-0.3, -0.25) is 9.89 Å². The van der Waals surface area contributed by atoms with E-state index in [9.17, 15) is 4.79 Å². The van der Waals surface area contributed by atoms with Gasteiger partial charge in [-0.05, 0) is 18.6 Å². The van der Waals surface area contributed by atoms with Crippen molar-refractivity contribution in [2.24, 2.45) is 0 Å². The van der Waals surface area contributed by atoms with Crippen molar-refractivity contribution in [3.8, 4) is 0 Å². The molecule has 2 aromatic heterocycles. The van der Waals surface area contributed by atoms with E-state index in [-0.39, 0.29) is 5.91 Å². The van der Waals surface area contributed by atoms with E-state index in [4.69, 9.17) is 0 Å². The summed E-state index contributed by atoms with van der Waals surface area (Å²) in [5, 5.41) is 12.2. The van der Waals surface area contributed by atoms with Crippen LogP contribution in [0.3, 0.4) is 0 Å². The van der Waals surface area contributed by atoms with Crippen LogP contribution in [0.5, 0.6) is 0 Å². The Morgan fingerprint density at radius 1 is 1.44 bits per heavy atom. The zero-order valence-electron chi connectivity index (χ0n) is 10.1. The number of carbonyl (C=O) groups excluding carboxylic acids is 1. The maximum absolute atomic E-state index is 11.9. The minimum atomic E-state index is -0.253. The molecular formula is C12H15N5O. The summed E-state index contributed by atoms with van der Waals surface area (Å²) in [4.78, 5) is 16.1. The van der Waals surface area contributed by atoms with Gasteiger partial charge < -0.3 is 10.6 Å². The topological polar surface area (TPSA) is 82.7 Å². The molecule has 0 aliphatic carbocycles. The first kappa shape index (κ1) is 12.1. The van der Waals surface area contributed by atoms with E-state index < -0.39 is 0 Å². The Bertz CT molecular complexity index is 509. The van der Waals surface area contributed by atoms with Gasteiger partial charge in [0, 0.05) is 12.7 Å². The molecule has 0 bridgehead atoms. The lowest BCUT2D eigenvalue weighted by Crippen LogP contribution is -2.14. The van der Waals surface area contributed by atoms with E-state index in [0.29, 0.717) is 17.2 Å². The van der Waals surface area contributed by atoms with Gasteiger partial charge in [0.25, 0.3) is 5.91 Å². The molecule has 3 N–H and O–H groups in total. The van der Waals surface area contributed by atoms with E-state index in [1.807, 2.05) is 6.07 Å². The average Bonchev–Trinajstić information content (AvgIpc) is 2.89. The lowest BCUT2D eigenvalue weighted by atomic mass is 10.3. The summed E-state index contributed by atoms with van der Waals surface area (Å²) < 4.78 is 0. The van der Waals surface area contributed by atoms with Crippen molar-refractivity contribution in [3.05, 3.63) is 36.3 Å². The number of hydrogen-bond donors (Lipinski definition) is 3. The Morgan fingerprint density at radius 3 is 3.06 bits per heavy atom. The van der Waals surface area contributed by atoms with Gasteiger partial charge in [-0.2, -0.15) is 5.10 Å². The van der Waals surface area contributed by atoms with Gasteiger partial charge in [0.05, 0.1) is 11.9 Å². The highest BCUT2D eigenvalue weighted by atomic mass is 16.1. The van der Waals surface area contributed by atoms with Gasteiger partial charge in [-0.1, -0.05) is 13.0 Å². The van der Waals surface area contributed by atoms with Crippen molar-refractivity contribution in [2.45, 2.75) is 13.3 Å². The van der Waals surface area contributed by atoms with Crippen LogP contribution in [-0.4, -0.2) is 27.6 Å². The van der Waals surface area contributed by atoms with Crippen LogP contribution in [-0.2, 0) is 0 Å². The molecule has 0 spiro atoms. The molecule has 94 valence electrons. The van der Waals surface area contributed by atoms with Crippen LogP contribution in [0.15, 0.2) is 30.6 Å². The standard InChI is InChI=1S/C12H15N5O/c1-2-6-13-11-5-3-4-10(17-11)12(18)16-9-7-14-15-8-9/h3-5,7-8H,2,6H2,1H3,(H,13,17)(H,14,15)(H,16,18). The van der Waals surface area contributed by atoms with E-state index in [2.05, 4.69) is 32.7 Å². The molecule has 6 nitrogen and oxygen atoms in total. The highest BCUT2D eigenvalue weighted by Crippen LogP contribution is 2.08. The van der Waals surface area contributed by atoms with Crippen LogP contribution < -0.4 is 10.6 Å². The van der Waals surface area contributed by atoms with Gasteiger partial charge >= 0.3 is 0 Å². The van der Waals surface area contributed by atoms with Crippen LogP contribution in [0.25, 0.3) is 0 Å². The van der Waals surface area contributed by atoms with Gasteiger partial charge in [-0.15, -0.1) is 0 Å². The molecule has 1 amide bonds. The van der Waals surface area contributed by atoms with E-state index in [0.717, 1.165) is 13.0 Å². The van der Waals surface area contributed by atoms with Crippen molar-refractivity contribution in [3.63, 3.8) is 0 Å². The zero-order chi connectivity index (χ0) is 12.8. The third kappa shape index (κ3) is 3.07. The van der Waals surface area contributed by atoms with Gasteiger partial charge in [-0.25, -0.2) is 4.98 Å². The lowest BCUT2D eigenvalue weighted by molar-refractivity contribution is 0.102. The molecule has 0 saturated carbocycles. The molecule has 0 saturated heterocycles. The molecule has 0 aliphatic heterocycles. The Balaban J connectivity index is 2.05. The number of hydrogen-bond acceptors (Lipinski definition) is 4. The number of carbonyl (C=O) groups is 1. The molecule has 0 aliphatic rings. The van der Waals surface area contributed by atoms with Crippen molar-refractivity contribution < 1.29 is 4.79 Å². The molecule has 2 rings (SSSR count). The number of anilines is 2. The largest absolute Gasteiger partial charge is 0.370 e. The molecule has 0 fully saturated rings. The summed E-state index contributed by atoms with van der Waals surface area (Å²) in [6, 6.07) is 5.31. The summed E-state index contributed by atoms with van der Waals surface area (Å²) in [6.07, 6.45) is 4.15. The fourth-order valence-corrected chi connectivity index (χ4v) is 1.43. The maximum atomic E-state index is 11.9. The van der Waals surface area contributed by atoms with Crippen molar-refractivity contribution in [1.82, 2.24) is 15.2 Å². The number of nitrogens with one attached hydrogen (secondary N) is 3. The quantitative estimate of drug-likeness (QED) is 0.751. The van der Waals surface area contributed by atoms with Crippen LogP contribution in [0.1, 0.15) is 23.8 Å². The summed E-state index contributed by atoms with van der Waals surface area (Å²) in [6.45, 7) is 2.91. The minimum absolute atomic E-state index is 0.253. The third-order valence-electron chi connectivity index (χ3n) is 2.29. The smallest absolute Gasteiger partial charge is 0.274 e. The van der Waals surface area contributed by atoms with Crippen molar-refractivity contribution in [2.75, 3.05) is 17.2 Å². The number of aromatic nitrogens is 3. The fraction of sp³-hybridized carbons (Fsp3) is 0.250. The predicted octanol–water partition coefficient (Wildman–Crippen LogP) is 1.88. The first-order valence-corrected chi connectivity index (χ1v) is 5.80. The molecule has 0 unspecified atom stereocenters. The molecular weight excluding hydrogens is 230 g/mol. The molecule has 0 radical (unpaired) electrons. The van der Waals surface area contributed by atoms with Gasteiger partial charge in [0.15, 0.2) is 0 Å². The number of nitrogens with zero attached hydrogens (tertiary/aromatic N) is 2. The van der Waals surface area contributed by atoms with Crippen LogP contribution in [0, 0.1) is 0 Å². The van der Waals surface area contributed by atoms with Gasteiger partial charge in [0.2, 0.25) is 0 Å². The summed E-state index contributed by atoms with van der Waals surface area (Å²) in [7, 11) is 0. The van der Waals surface area contributed by atoms with Crippen molar-refractivity contribution in [1.29, 1.82) is 0 Å². The monoisotopic (exact) mass is 245 g/mol. The fourth-order valence-electron chi connectivity index (χ4n) is 1.43. The number of amides is 1. The Hall–Kier alpha value is -2.37. The Labute approximate surface area is 105 Å². The average molecular weight is 245 g/mol. The second kappa shape index (κ2) is 5.81. The third-order valence-corrected chi connectivity index (χ3v) is 2.29. The van der Waals surface area contributed by atoms with Crippen LogP contribution >= 0.6 is 0 Å². The molecule has 2 aromatic rings. The number of pyridine rings is 1. The number of aromatic amines is 1. The first-order chi connectivity index (χ1) is 8.79. The Morgan fingerprint density at radius 2 is 2.33 bits per heavy atom. The van der Waals surface area contributed by atoms with E-state index >= 15 is 0 Å². The summed E-state index contributed by atoms with van der Waals surface area (Å²) in [5.74, 6) is 0.452. The highest BCUT2D eigenvalue weighted by molar-refractivity contribution is 6.02. The maximum Gasteiger partial charge on any atom is 0.274 e. The SMILES string of the molecule is CCCNc1cccc(C(=O)Nc2cn[nH]c2)n1. The van der Waals surface area contributed by atoms with Crippen LogP contribution in [0.4, 0.5) is 11.5 Å². The summed E-state index contributed by atoms with van der Waals surface area (Å²) in [5.41, 5.74) is 0.992. The Kier molecular flexibility index (Phi) is 3.90. The van der Waals surface area contributed by atoms with E-state index in [1.54, 1.807) is 18.3 Å². The van der Waals surface area contributed by atoms with Crippen LogP contribution in [0.2, 0.25) is 0 Å². The number of H-pyrrole nitrogens is 1. The molecule has 2 heterocycles. The first-order valence-electron chi connectivity index (χ1n) is 5.80. The van der Waals surface area contributed by atoms with Crippen molar-refractivity contribution >= 4 is 17.4 Å². The second-order valence-electron chi connectivity index (χ2n) is 3.78. The molecule has 0 aromatic carbocycles. The highest BCUT2D eigenvalue weighted by Gasteiger charge is 2.08. The predicted molar refractivity (Wildman–Crippen MR) is 69.6 cm³/mol. The number of rotatable bonds is 5. The molecule has 18 heavy (non-hydrogen) atoms. The normalized spacial score (nSPS) is 10.1. The summed E-state index contributed by atoms with van der Waals surface area (Å²) >= 11 is 0. The van der Waals surface area contributed by atoms with Gasteiger partial charge in [0.1, 0.15) is 11.5 Å². The molecule has 6 heteroatoms. The van der Waals surface area contributed by atoms with E-state index in [1.165, 1.54) is 6.20 Å².